The normalized spacial score (nSPS) is 10.7. The minimum Gasteiger partial charge on any atom is -0.490 e. The van der Waals surface area contributed by atoms with Crippen molar-refractivity contribution in [3.05, 3.63) is 29.6 Å². The molecule has 0 radical (unpaired) electrons. The van der Waals surface area contributed by atoms with Crippen LogP contribution in [0.4, 0.5) is 4.39 Å². The summed E-state index contributed by atoms with van der Waals surface area (Å²) in [5.41, 5.74) is 5.85. The van der Waals surface area contributed by atoms with Crippen LogP contribution in [-0.4, -0.2) is 33.6 Å². The highest BCUT2D eigenvalue weighted by atomic mass is 32.2. The van der Waals surface area contributed by atoms with E-state index in [2.05, 4.69) is 11.8 Å². The van der Waals surface area contributed by atoms with E-state index in [4.69, 9.17) is 10.5 Å². The lowest BCUT2D eigenvalue weighted by atomic mass is 10.2. The van der Waals surface area contributed by atoms with Crippen molar-refractivity contribution in [1.82, 2.24) is 0 Å². The molecule has 0 unspecified atom stereocenters. The smallest absolute Gasteiger partial charge is 0.165 e. The van der Waals surface area contributed by atoms with Gasteiger partial charge in [0.05, 0.1) is 18.9 Å². The molecule has 0 amide bonds. The summed E-state index contributed by atoms with van der Waals surface area (Å²) in [7, 11) is -3.02. The van der Waals surface area contributed by atoms with Crippen LogP contribution in [0.1, 0.15) is 12.0 Å². The number of sulfone groups is 1. The maximum atomic E-state index is 13.4. The summed E-state index contributed by atoms with van der Waals surface area (Å²) >= 11 is 0. The summed E-state index contributed by atoms with van der Waals surface area (Å²) in [6, 6.07) is 4.26. The van der Waals surface area contributed by atoms with Gasteiger partial charge in [-0.05, 0) is 24.6 Å². The van der Waals surface area contributed by atoms with Crippen molar-refractivity contribution in [2.75, 3.05) is 25.2 Å². The Balaban J connectivity index is 2.62. The maximum Gasteiger partial charge on any atom is 0.165 e. The van der Waals surface area contributed by atoms with Gasteiger partial charge >= 0.3 is 0 Å². The highest BCUT2D eigenvalue weighted by Gasteiger charge is 2.06. The molecule has 0 heterocycles. The molecule has 0 spiro atoms. The van der Waals surface area contributed by atoms with Crippen LogP contribution >= 0.6 is 0 Å². The van der Waals surface area contributed by atoms with Crippen molar-refractivity contribution in [1.29, 1.82) is 0 Å². The van der Waals surface area contributed by atoms with E-state index in [9.17, 15) is 12.8 Å². The molecular weight excluding hydrogens is 269 g/mol. The van der Waals surface area contributed by atoms with Crippen LogP contribution in [0.25, 0.3) is 0 Å². The van der Waals surface area contributed by atoms with Gasteiger partial charge in [0, 0.05) is 11.8 Å². The monoisotopic (exact) mass is 285 g/mol. The molecule has 2 N–H and O–H groups in total. The number of ether oxygens (including phenoxy) is 1. The van der Waals surface area contributed by atoms with Gasteiger partial charge in [0.25, 0.3) is 0 Å². The van der Waals surface area contributed by atoms with E-state index in [0.29, 0.717) is 12.0 Å². The molecule has 0 aliphatic carbocycles. The number of rotatable bonds is 5. The lowest BCUT2D eigenvalue weighted by Gasteiger charge is -2.07. The number of hydrogen-bond donors (Lipinski definition) is 1. The zero-order valence-corrected chi connectivity index (χ0v) is 11.5. The van der Waals surface area contributed by atoms with Gasteiger partial charge in [0.15, 0.2) is 11.6 Å². The number of hydrogen-bond acceptors (Lipinski definition) is 4. The predicted molar refractivity (Wildman–Crippen MR) is 72.2 cm³/mol. The Morgan fingerprint density at radius 3 is 2.79 bits per heavy atom. The number of benzene rings is 1. The van der Waals surface area contributed by atoms with E-state index < -0.39 is 15.7 Å². The van der Waals surface area contributed by atoms with Crippen LogP contribution < -0.4 is 10.5 Å². The molecule has 104 valence electrons. The van der Waals surface area contributed by atoms with E-state index in [1.807, 2.05) is 0 Å². The van der Waals surface area contributed by atoms with Crippen LogP contribution in [0.2, 0.25) is 0 Å². The molecule has 0 atom stereocenters. The Hall–Kier alpha value is -1.58. The first-order chi connectivity index (χ1) is 8.92. The first-order valence-corrected chi connectivity index (χ1v) is 7.77. The fraction of sp³-hybridized carbons (Fsp3) is 0.385. The van der Waals surface area contributed by atoms with Crippen molar-refractivity contribution in [2.24, 2.45) is 5.73 Å². The second kappa shape index (κ2) is 7.12. The van der Waals surface area contributed by atoms with Crippen LogP contribution in [0, 0.1) is 17.7 Å². The van der Waals surface area contributed by atoms with Gasteiger partial charge in [0.2, 0.25) is 0 Å². The van der Waals surface area contributed by atoms with E-state index in [1.165, 1.54) is 18.2 Å². The SMILES string of the molecule is CS(=O)(=O)CCCOc1cc(C#CCN)ccc1F. The van der Waals surface area contributed by atoms with Crippen molar-refractivity contribution in [2.45, 2.75) is 6.42 Å². The summed E-state index contributed by atoms with van der Waals surface area (Å²) in [6.45, 7) is 0.361. The summed E-state index contributed by atoms with van der Waals surface area (Å²) < 4.78 is 40.5. The third kappa shape index (κ3) is 6.22. The van der Waals surface area contributed by atoms with Crippen molar-refractivity contribution in [3.8, 4) is 17.6 Å². The molecule has 1 aromatic rings. The quantitative estimate of drug-likeness (QED) is 0.646. The first kappa shape index (κ1) is 15.5. The zero-order chi connectivity index (χ0) is 14.3. The summed E-state index contributed by atoms with van der Waals surface area (Å²) in [5.74, 6) is 5.01. The van der Waals surface area contributed by atoms with E-state index >= 15 is 0 Å². The first-order valence-electron chi connectivity index (χ1n) is 5.71. The molecule has 6 heteroatoms. The molecule has 0 aliphatic rings. The Labute approximate surface area is 112 Å². The fourth-order valence-electron chi connectivity index (χ4n) is 1.35. The van der Waals surface area contributed by atoms with Gasteiger partial charge in [-0.25, -0.2) is 12.8 Å². The average Bonchev–Trinajstić information content (AvgIpc) is 2.33. The lowest BCUT2D eigenvalue weighted by Crippen LogP contribution is -2.08. The van der Waals surface area contributed by atoms with Crippen LogP contribution in [0.3, 0.4) is 0 Å². The van der Waals surface area contributed by atoms with Crippen LogP contribution in [-0.2, 0) is 9.84 Å². The van der Waals surface area contributed by atoms with Crippen LogP contribution in [0.15, 0.2) is 18.2 Å². The van der Waals surface area contributed by atoms with Crippen molar-refractivity contribution >= 4 is 9.84 Å². The standard InChI is InChI=1S/C13H16FNO3S/c1-19(16,17)9-3-8-18-13-10-11(4-2-7-15)5-6-12(13)14/h5-6,10H,3,7-9,15H2,1H3. The molecule has 4 nitrogen and oxygen atoms in total. The van der Waals surface area contributed by atoms with Gasteiger partial charge in [-0.3, -0.25) is 0 Å². The Bertz CT molecular complexity index is 588. The van der Waals surface area contributed by atoms with E-state index in [-0.39, 0.29) is 24.7 Å². The molecule has 0 saturated carbocycles. The Morgan fingerprint density at radius 1 is 1.42 bits per heavy atom. The van der Waals surface area contributed by atoms with Crippen molar-refractivity contribution in [3.63, 3.8) is 0 Å². The van der Waals surface area contributed by atoms with Gasteiger partial charge in [-0.1, -0.05) is 11.8 Å². The highest BCUT2D eigenvalue weighted by molar-refractivity contribution is 7.90. The summed E-state index contributed by atoms with van der Waals surface area (Å²) in [4.78, 5) is 0. The fourth-order valence-corrected chi connectivity index (χ4v) is 1.99. The highest BCUT2D eigenvalue weighted by Crippen LogP contribution is 2.18. The third-order valence-electron chi connectivity index (χ3n) is 2.18. The Morgan fingerprint density at radius 2 is 2.16 bits per heavy atom. The lowest BCUT2D eigenvalue weighted by molar-refractivity contribution is 0.301. The van der Waals surface area contributed by atoms with Gasteiger partial charge in [-0.2, -0.15) is 0 Å². The van der Waals surface area contributed by atoms with Crippen LogP contribution in [0.5, 0.6) is 5.75 Å². The third-order valence-corrected chi connectivity index (χ3v) is 3.21. The topological polar surface area (TPSA) is 69.4 Å². The second-order valence-corrected chi connectivity index (χ2v) is 6.24. The summed E-state index contributed by atoms with van der Waals surface area (Å²) in [5, 5.41) is 0. The maximum absolute atomic E-state index is 13.4. The molecule has 1 rings (SSSR count). The zero-order valence-electron chi connectivity index (χ0n) is 10.6. The van der Waals surface area contributed by atoms with E-state index in [1.54, 1.807) is 0 Å². The minimum atomic E-state index is -3.02. The molecule has 0 aliphatic heterocycles. The molecule has 0 aromatic heterocycles. The molecule has 0 saturated heterocycles. The molecule has 0 fully saturated rings. The van der Waals surface area contributed by atoms with E-state index in [0.717, 1.165) is 6.26 Å². The average molecular weight is 285 g/mol. The molecule has 0 bridgehead atoms. The number of nitrogens with two attached hydrogens (primary N) is 1. The largest absolute Gasteiger partial charge is 0.490 e. The minimum absolute atomic E-state index is 0.0152. The van der Waals surface area contributed by atoms with Gasteiger partial charge in [0.1, 0.15) is 9.84 Å². The van der Waals surface area contributed by atoms with Gasteiger partial charge in [-0.15, -0.1) is 0 Å². The predicted octanol–water partition coefficient (Wildman–Crippen LogP) is 0.949. The van der Waals surface area contributed by atoms with Gasteiger partial charge < -0.3 is 10.5 Å². The number of halogens is 1. The molecule has 19 heavy (non-hydrogen) atoms. The second-order valence-electron chi connectivity index (χ2n) is 3.98. The molecule has 1 aromatic carbocycles. The molecular formula is C13H16FNO3S. The van der Waals surface area contributed by atoms with Crippen molar-refractivity contribution < 1.29 is 17.5 Å². The Kier molecular flexibility index (Phi) is 5.80. The summed E-state index contributed by atoms with van der Waals surface area (Å²) in [6.07, 6.45) is 1.47.